The third kappa shape index (κ3) is 5.84. The van der Waals surface area contributed by atoms with Gasteiger partial charge in [0.2, 0.25) is 0 Å². The van der Waals surface area contributed by atoms with E-state index in [0.29, 0.717) is 5.82 Å². The van der Waals surface area contributed by atoms with Crippen molar-refractivity contribution in [2.24, 2.45) is 0 Å². The Bertz CT molecular complexity index is 3600. The first kappa shape index (κ1) is 35.6. The maximum Gasteiger partial charge on any atom is 0.161 e. The molecule has 290 valence electrons. The molecule has 12 rings (SSSR count). The predicted molar refractivity (Wildman–Crippen MR) is 258 cm³/mol. The molecule has 0 N–H and O–H groups in total. The van der Waals surface area contributed by atoms with Gasteiger partial charge in [-0.05, 0) is 70.8 Å². The van der Waals surface area contributed by atoms with Crippen LogP contribution in [0.25, 0.3) is 111 Å². The van der Waals surface area contributed by atoms with Crippen molar-refractivity contribution in [2.75, 3.05) is 0 Å². The second-order valence-electron chi connectivity index (χ2n) is 15.7. The zero-order valence-electron chi connectivity index (χ0n) is 33.7. The molecule has 4 nitrogen and oxygen atoms in total. The van der Waals surface area contributed by atoms with Gasteiger partial charge in [-0.15, -0.1) is 0 Å². The number of hydrogen-bond donors (Lipinski definition) is 0. The van der Waals surface area contributed by atoms with Crippen molar-refractivity contribution >= 4 is 43.6 Å². The lowest BCUT2D eigenvalue weighted by Gasteiger charge is -2.15. The highest BCUT2D eigenvalue weighted by Gasteiger charge is 2.21. The molecule has 0 aliphatic carbocycles. The highest BCUT2D eigenvalue weighted by molar-refractivity contribution is 6.26. The van der Waals surface area contributed by atoms with Gasteiger partial charge in [-0.2, -0.15) is 0 Å². The molecule has 0 unspecified atom stereocenters. The molecule has 3 aromatic heterocycles. The largest absolute Gasteiger partial charge is 0.309 e. The highest BCUT2D eigenvalue weighted by atomic mass is 15.0. The molecule has 3 heterocycles. The van der Waals surface area contributed by atoms with E-state index in [9.17, 15) is 0 Å². The number of para-hydroxylation sites is 3. The molecule has 0 amide bonds. The number of hydrogen-bond acceptors (Lipinski definition) is 2. The summed E-state index contributed by atoms with van der Waals surface area (Å²) in [7, 11) is 0. The first-order chi connectivity index (χ1) is 30.8. The molecule has 0 saturated carbocycles. The summed E-state index contributed by atoms with van der Waals surface area (Å²) in [6.07, 6.45) is 0. The van der Waals surface area contributed by atoms with E-state index in [2.05, 4.69) is 228 Å². The molecule has 12 aromatic rings. The van der Waals surface area contributed by atoms with Crippen LogP contribution < -0.4 is 0 Å². The third-order valence-electron chi connectivity index (χ3n) is 12.2. The summed E-state index contributed by atoms with van der Waals surface area (Å²) in [5.74, 6) is 0.692. The number of benzene rings is 9. The monoisotopic (exact) mass is 790 g/mol. The van der Waals surface area contributed by atoms with Crippen LogP contribution in [0.5, 0.6) is 0 Å². The Labute approximate surface area is 359 Å². The molecular weight excluding hydrogens is 753 g/mol. The Hall–Kier alpha value is -8.34. The van der Waals surface area contributed by atoms with Gasteiger partial charge in [-0.25, -0.2) is 9.97 Å². The fraction of sp³-hybridized carbons (Fsp3) is 0. The van der Waals surface area contributed by atoms with E-state index in [4.69, 9.17) is 9.97 Å². The second-order valence-corrected chi connectivity index (χ2v) is 15.7. The number of fused-ring (bicyclic) bond motifs is 7. The predicted octanol–water partition coefficient (Wildman–Crippen LogP) is 15.0. The minimum atomic E-state index is 0.692. The Balaban J connectivity index is 1.03. The molecule has 9 aromatic carbocycles. The number of nitrogens with zero attached hydrogens (tertiary/aromatic N) is 4. The van der Waals surface area contributed by atoms with Gasteiger partial charge >= 0.3 is 0 Å². The van der Waals surface area contributed by atoms with Crippen LogP contribution >= 0.6 is 0 Å². The van der Waals surface area contributed by atoms with Crippen LogP contribution in [-0.2, 0) is 0 Å². The summed E-state index contributed by atoms with van der Waals surface area (Å²) in [6, 6.07) is 82.0. The van der Waals surface area contributed by atoms with Gasteiger partial charge in [0.05, 0.1) is 33.5 Å². The maximum atomic E-state index is 5.36. The van der Waals surface area contributed by atoms with Gasteiger partial charge in [-0.1, -0.05) is 182 Å². The van der Waals surface area contributed by atoms with Crippen molar-refractivity contribution in [3.05, 3.63) is 231 Å². The van der Waals surface area contributed by atoms with Gasteiger partial charge in [-0.3, -0.25) is 0 Å². The van der Waals surface area contributed by atoms with E-state index >= 15 is 0 Å². The van der Waals surface area contributed by atoms with Crippen LogP contribution in [0, 0.1) is 0 Å². The van der Waals surface area contributed by atoms with Crippen LogP contribution in [0.1, 0.15) is 0 Å². The molecule has 0 bridgehead atoms. The van der Waals surface area contributed by atoms with Crippen LogP contribution in [0.15, 0.2) is 231 Å². The van der Waals surface area contributed by atoms with E-state index in [1.807, 2.05) is 12.1 Å². The van der Waals surface area contributed by atoms with E-state index in [1.54, 1.807) is 0 Å². The molecule has 0 aliphatic rings. The SMILES string of the molecule is c1ccc(-c2cc(-c3ccccc3-c3ccc(-n4c5ccccc5c5ccc6c(c7ccccc7n6-c6ccccc6)c54)cc3)nc(-c3ccccc3-c3ccccc3)n2)cc1. The Morgan fingerprint density at radius 1 is 0.290 bits per heavy atom. The average Bonchev–Trinajstić information content (AvgIpc) is 3.88. The molecule has 0 radical (unpaired) electrons. The molecule has 0 fully saturated rings. The topological polar surface area (TPSA) is 35.6 Å². The molecule has 4 heteroatoms. The van der Waals surface area contributed by atoms with Crippen LogP contribution in [0.3, 0.4) is 0 Å². The summed E-state index contributed by atoms with van der Waals surface area (Å²) in [6.45, 7) is 0. The molecule has 0 aliphatic heterocycles. The second kappa shape index (κ2) is 14.7. The molecule has 0 spiro atoms. The van der Waals surface area contributed by atoms with Crippen molar-refractivity contribution in [3.8, 4) is 67.5 Å². The Morgan fingerprint density at radius 2 is 0.790 bits per heavy atom. The Kier molecular flexibility index (Phi) is 8.46. The van der Waals surface area contributed by atoms with Gasteiger partial charge in [0.15, 0.2) is 5.82 Å². The lowest BCUT2D eigenvalue weighted by molar-refractivity contribution is 1.17. The maximum absolute atomic E-state index is 5.36. The van der Waals surface area contributed by atoms with E-state index < -0.39 is 0 Å². The average molecular weight is 791 g/mol. The van der Waals surface area contributed by atoms with Gasteiger partial charge in [0, 0.05) is 49.6 Å². The fourth-order valence-electron chi connectivity index (χ4n) is 9.39. The standard InChI is InChI=1S/C58H38N4/c1-4-18-39(19-5-1)45-25-11-13-28-49(45)58-59-51(41-20-6-2-7-21-41)38-52(60-58)46-26-12-10-24-44(46)40-32-34-43(35-33-40)62-53-30-16-14-27-47(53)48-36-37-55-56(57(48)62)50-29-15-17-31-54(50)61(55)42-22-8-3-9-23-42/h1-38H. The zero-order valence-corrected chi connectivity index (χ0v) is 33.7. The summed E-state index contributed by atoms with van der Waals surface area (Å²) >= 11 is 0. The van der Waals surface area contributed by atoms with Crippen molar-refractivity contribution in [2.45, 2.75) is 0 Å². The summed E-state index contributed by atoms with van der Waals surface area (Å²) in [5.41, 5.74) is 16.3. The fourth-order valence-corrected chi connectivity index (χ4v) is 9.39. The lowest BCUT2D eigenvalue weighted by atomic mass is 9.95. The number of aromatic nitrogens is 4. The van der Waals surface area contributed by atoms with Gasteiger partial charge in [0.1, 0.15) is 0 Å². The minimum Gasteiger partial charge on any atom is -0.309 e. The van der Waals surface area contributed by atoms with Crippen molar-refractivity contribution in [1.82, 2.24) is 19.1 Å². The third-order valence-corrected chi connectivity index (χ3v) is 12.2. The quantitative estimate of drug-likeness (QED) is 0.161. The molecular formula is C58H38N4. The summed E-state index contributed by atoms with van der Waals surface area (Å²) in [4.78, 5) is 10.6. The normalized spacial score (nSPS) is 11.5. The molecule has 0 atom stereocenters. The highest BCUT2D eigenvalue weighted by Crippen LogP contribution is 2.43. The smallest absolute Gasteiger partial charge is 0.161 e. The van der Waals surface area contributed by atoms with Crippen LogP contribution in [0.2, 0.25) is 0 Å². The number of rotatable bonds is 7. The van der Waals surface area contributed by atoms with E-state index in [-0.39, 0.29) is 0 Å². The van der Waals surface area contributed by atoms with Crippen molar-refractivity contribution < 1.29 is 0 Å². The zero-order chi connectivity index (χ0) is 41.0. The summed E-state index contributed by atoms with van der Waals surface area (Å²) < 4.78 is 4.85. The van der Waals surface area contributed by atoms with Crippen molar-refractivity contribution in [3.63, 3.8) is 0 Å². The van der Waals surface area contributed by atoms with E-state index in [0.717, 1.165) is 61.7 Å². The molecule has 62 heavy (non-hydrogen) atoms. The van der Waals surface area contributed by atoms with Gasteiger partial charge < -0.3 is 9.13 Å². The molecule has 0 saturated heterocycles. The first-order valence-electron chi connectivity index (χ1n) is 21.1. The lowest BCUT2D eigenvalue weighted by Crippen LogP contribution is -1.98. The first-order valence-corrected chi connectivity index (χ1v) is 21.1. The van der Waals surface area contributed by atoms with Crippen LogP contribution in [-0.4, -0.2) is 19.1 Å². The van der Waals surface area contributed by atoms with E-state index in [1.165, 1.54) is 43.6 Å². The minimum absolute atomic E-state index is 0.692. The Morgan fingerprint density at radius 3 is 1.50 bits per heavy atom. The van der Waals surface area contributed by atoms with Crippen molar-refractivity contribution in [1.29, 1.82) is 0 Å². The van der Waals surface area contributed by atoms with Crippen LogP contribution in [0.4, 0.5) is 0 Å². The summed E-state index contributed by atoms with van der Waals surface area (Å²) in [5, 5.41) is 4.95. The van der Waals surface area contributed by atoms with Gasteiger partial charge in [0.25, 0.3) is 0 Å².